The van der Waals surface area contributed by atoms with Crippen LogP contribution in [0.4, 0.5) is 4.39 Å². The highest BCUT2D eigenvalue weighted by atomic mass is 19.1. The molecule has 0 N–H and O–H groups in total. The third-order valence-corrected chi connectivity index (χ3v) is 5.54. The number of benzene rings is 1. The molecule has 0 saturated carbocycles. The molecule has 3 rings (SSSR count). The van der Waals surface area contributed by atoms with E-state index in [0.29, 0.717) is 17.6 Å². The number of likely N-dealkylation sites (tertiary alicyclic amines) is 1. The van der Waals surface area contributed by atoms with Crippen molar-refractivity contribution in [3.05, 3.63) is 35.6 Å². The zero-order chi connectivity index (χ0) is 17.1. The molecule has 5 heteroatoms. The minimum atomic E-state index is -0.353. The van der Waals surface area contributed by atoms with Crippen LogP contribution in [0.5, 0.6) is 0 Å². The predicted molar refractivity (Wildman–Crippen MR) is 93.6 cm³/mol. The summed E-state index contributed by atoms with van der Waals surface area (Å²) in [4.78, 5) is 19.3. The molecule has 24 heavy (non-hydrogen) atoms. The van der Waals surface area contributed by atoms with Crippen LogP contribution < -0.4 is 0 Å². The van der Waals surface area contributed by atoms with Gasteiger partial charge in [-0.3, -0.25) is 14.6 Å². The van der Waals surface area contributed by atoms with Crippen LogP contribution in [0.2, 0.25) is 0 Å². The second-order valence-electron chi connectivity index (χ2n) is 7.16. The second-order valence-corrected chi connectivity index (χ2v) is 7.16. The number of rotatable bonds is 4. The Labute approximate surface area is 144 Å². The number of halogens is 1. The summed E-state index contributed by atoms with van der Waals surface area (Å²) in [5.74, 6) is -0.413. The van der Waals surface area contributed by atoms with Gasteiger partial charge < -0.3 is 4.90 Å². The normalized spacial score (nSPS) is 26.0. The molecule has 1 aromatic carbocycles. The van der Waals surface area contributed by atoms with Crippen LogP contribution >= 0.6 is 0 Å². The number of piperazine rings is 1. The van der Waals surface area contributed by atoms with Gasteiger partial charge in [0.1, 0.15) is 5.82 Å². The van der Waals surface area contributed by atoms with E-state index < -0.39 is 0 Å². The largest absolute Gasteiger partial charge is 0.336 e. The van der Waals surface area contributed by atoms with E-state index in [2.05, 4.69) is 23.6 Å². The first kappa shape index (κ1) is 17.4. The lowest BCUT2D eigenvalue weighted by molar-refractivity contribution is 0.0614. The van der Waals surface area contributed by atoms with Crippen LogP contribution in [-0.2, 0) is 0 Å². The smallest absolute Gasteiger partial charge is 0.254 e. The first-order chi connectivity index (χ1) is 11.5. The lowest BCUT2D eigenvalue weighted by Gasteiger charge is -2.36. The number of nitrogens with zero attached hydrogens (tertiary/aromatic N) is 3. The minimum Gasteiger partial charge on any atom is -0.336 e. The first-order valence-electron chi connectivity index (χ1n) is 9.07. The average Bonchev–Trinajstić information content (AvgIpc) is 2.91. The maximum atomic E-state index is 13.3. The van der Waals surface area contributed by atoms with Crippen LogP contribution in [0.3, 0.4) is 0 Å². The van der Waals surface area contributed by atoms with Crippen molar-refractivity contribution in [2.24, 2.45) is 0 Å². The third-order valence-electron chi connectivity index (χ3n) is 5.54. The summed E-state index contributed by atoms with van der Waals surface area (Å²) < 4.78 is 13.3. The summed E-state index contributed by atoms with van der Waals surface area (Å²) in [7, 11) is 0. The van der Waals surface area contributed by atoms with Gasteiger partial charge in [-0.05, 0) is 44.9 Å². The lowest BCUT2D eigenvalue weighted by Crippen LogP contribution is -2.50. The van der Waals surface area contributed by atoms with E-state index in [9.17, 15) is 9.18 Å². The van der Waals surface area contributed by atoms with Crippen LogP contribution in [0, 0.1) is 5.82 Å². The van der Waals surface area contributed by atoms with Gasteiger partial charge >= 0.3 is 0 Å². The first-order valence-corrected chi connectivity index (χ1v) is 9.07. The number of hydrogen-bond donors (Lipinski definition) is 0. The fourth-order valence-electron chi connectivity index (χ4n) is 3.92. The molecular formula is C19H28FN3O. The number of hydrogen-bond acceptors (Lipinski definition) is 3. The van der Waals surface area contributed by atoms with Gasteiger partial charge in [0, 0.05) is 56.9 Å². The van der Waals surface area contributed by atoms with Crippen LogP contribution in [-0.4, -0.2) is 72.0 Å². The van der Waals surface area contributed by atoms with Crippen molar-refractivity contribution in [1.82, 2.24) is 14.7 Å². The van der Waals surface area contributed by atoms with E-state index in [1.165, 1.54) is 25.0 Å². The van der Waals surface area contributed by atoms with Crippen LogP contribution in [0.1, 0.15) is 37.0 Å². The molecule has 2 fully saturated rings. The van der Waals surface area contributed by atoms with Crippen molar-refractivity contribution in [3.63, 3.8) is 0 Å². The van der Waals surface area contributed by atoms with Crippen LogP contribution in [0.25, 0.3) is 0 Å². The average molecular weight is 333 g/mol. The Morgan fingerprint density at radius 3 is 2.38 bits per heavy atom. The molecule has 0 aromatic heterocycles. The van der Waals surface area contributed by atoms with Crippen molar-refractivity contribution in [1.29, 1.82) is 0 Å². The van der Waals surface area contributed by atoms with E-state index in [1.54, 1.807) is 12.1 Å². The monoisotopic (exact) mass is 333 g/mol. The molecule has 0 aliphatic carbocycles. The zero-order valence-corrected chi connectivity index (χ0v) is 14.7. The van der Waals surface area contributed by atoms with Crippen LogP contribution in [0.15, 0.2) is 24.3 Å². The topological polar surface area (TPSA) is 26.8 Å². The van der Waals surface area contributed by atoms with Gasteiger partial charge in [-0.25, -0.2) is 4.39 Å². The molecule has 2 saturated heterocycles. The van der Waals surface area contributed by atoms with Gasteiger partial charge in [0.15, 0.2) is 0 Å². The number of carbonyl (C=O) groups is 1. The molecule has 1 aromatic rings. The van der Waals surface area contributed by atoms with Crippen molar-refractivity contribution >= 4 is 5.91 Å². The fraction of sp³-hybridized carbons (Fsp3) is 0.632. The zero-order valence-electron chi connectivity index (χ0n) is 14.7. The van der Waals surface area contributed by atoms with Gasteiger partial charge in [-0.1, -0.05) is 6.07 Å². The predicted octanol–water partition coefficient (Wildman–Crippen LogP) is 2.46. The molecule has 4 nitrogen and oxygen atoms in total. The molecule has 0 unspecified atom stereocenters. The van der Waals surface area contributed by atoms with Gasteiger partial charge in [0.05, 0.1) is 0 Å². The molecule has 2 heterocycles. The van der Waals surface area contributed by atoms with E-state index in [1.807, 2.05) is 4.90 Å². The van der Waals surface area contributed by atoms with Crippen molar-refractivity contribution in [2.45, 2.75) is 38.8 Å². The highest BCUT2D eigenvalue weighted by Gasteiger charge is 2.28. The molecule has 0 bridgehead atoms. The maximum Gasteiger partial charge on any atom is 0.254 e. The summed E-state index contributed by atoms with van der Waals surface area (Å²) in [6, 6.07) is 7.36. The van der Waals surface area contributed by atoms with Crippen molar-refractivity contribution in [2.75, 3.05) is 39.3 Å². The Balaban J connectivity index is 1.46. The molecule has 132 valence electrons. The quantitative estimate of drug-likeness (QED) is 0.847. The molecule has 0 radical (unpaired) electrons. The fourth-order valence-corrected chi connectivity index (χ4v) is 3.92. The van der Waals surface area contributed by atoms with Gasteiger partial charge in [0.25, 0.3) is 5.91 Å². The maximum absolute atomic E-state index is 13.3. The Bertz CT molecular complexity index is 561. The molecule has 2 atom stereocenters. The highest BCUT2D eigenvalue weighted by Crippen LogP contribution is 2.23. The third kappa shape index (κ3) is 3.95. The summed E-state index contributed by atoms with van der Waals surface area (Å²) in [6.45, 7) is 10.1. The minimum absolute atomic E-state index is 0.0593. The Morgan fingerprint density at radius 1 is 1.08 bits per heavy atom. The lowest BCUT2D eigenvalue weighted by atomic mass is 10.1. The SMILES string of the molecule is C[C@@H]1CC[C@H](C)N1CCN1CCN(C(=O)c2cccc(F)c2)CC1. The van der Waals surface area contributed by atoms with E-state index >= 15 is 0 Å². The molecule has 2 aliphatic rings. The van der Waals surface area contributed by atoms with E-state index in [4.69, 9.17) is 0 Å². The summed E-state index contributed by atoms with van der Waals surface area (Å²) in [5, 5.41) is 0. The summed E-state index contributed by atoms with van der Waals surface area (Å²) in [6.07, 6.45) is 2.61. The molecule has 0 spiro atoms. The van der Waals surface area contributed by atoms with Crippen molar-refractivity contribution in [3.8, 4) is 0 Å². The second kappa shape index (κ2) is 7.62. The summed E-state index contributed by atoms with van der Waals surface area (Å²) in [5.41, 5.74) is 0.447. The van der Waals surface area contributed by atoms with E-state index in [0.717, 1.165) is 39.3 Å². The highest BCUT2D eigenvalue weighted by molar-refractivity contribution is 5.94. The van der Waals surface area contributed by atoms with E-state index in [-0.39, 0.29) is 11.7 Å². The Morgan fingerprint density at radius 2 is 1.75 bits per heavy atom. The Hall–Kier alpha value is -1.46. The number of amides is 1. The molecular weight excluding hydrogens is 305 g/mol. The Kier molecular flexibility index (Phi) is 5.51. The van der Waals surface area contributed by atoms with Gasteiger partial charge in [-0.2, -0.15) is 0 Å². The summed E-state index contributed by atoms with van der Waals surface area (Å²) >= 11 is 0. The number of carbonyl (C=O) groups excluding carboxylic acids is 1. The standard InChI is InChI=1S/C19H28FN3O/c1-15-6-7-16(2)23(15)13-10-21-8-11-22(12-9-21)19(24)17-4-3-5-18(20)14-17/h3-5,14-16H,6-13H2,1-2H3/t15-,16+. The van der Waals surface area contributed by atoms with Crippen molar-refractivity contribution < 1.29 is 9.18 Å². The molecule has 1 amide bonds. The van der Waals surface area contributed by atoms with Gasteiger partial charge in [0.2, 0.25) is 0 Å². The van der Waals surface area contributed by atoms with Gasteiger partial charge in [-0.15, -0.1) is 0 Å². The molecule has 2 aliphatic heterocycles.